The van der Waals surface area contributed by atoms with E-state index >= 15 is 0 Å². The summed E-state index contributed by atoms with van der Waals surface area (Å²) in [4.78, 5) is 73.8. The molecule has 308 valence electrons. The molecule has 3 aliphatic rings. The van der Waals surface area contributed by atoms with Gasteiger partial charge in [0.15, 0.2) is 30.7 Å². The summed E-state index contributed by atoms with van der Waals surface area (Å²) in [6, 6.07) is 0. The largest absolute Gasteiger partial charge is 0.462 e. The highest BCUT2D eigenvalue weighted by Gasteiger charge is 2.62. The van der Waals surface area contributed by atoms with Gasteiger partial charge in [0.25, 0.3) is 0 Å². The van der Waals surface area contributed by atoms with E-state index in [0.717, 1.165) is 11.1 Å². The molecule has 14 nitrogen and oxygen atoms in total. The first-order chi connectivity index (χ1) is 25.5. The molecule has 0 aromatic carbocycles. The zero-order valence-corrected chi connectivity index (χ0v) is 34.4. The van der Waals surface area contributed by atoms with Crippen LogP contribution in [0, 0.1) is 22.7 Å². The first-order valence-electron chi connectivity index (χ1n) is 18.8. The topological polar surface area (TPSA) is 176 Å². The summed E-state index contributed by atoms with van der Waals surface area (Å²) in [5.74, 6) is -3.71. The standard InChI is InChI=1S/C41H60O14/c1-21(2)18-34(47)55-38-31(54-39-37(53-29(10)46)36(52-28(9)45)35(24(5)49-39)51-27(8)44)19-41(13)30(22(3)15-17-33(41)40(38,11)12)16-14-23(4)32(50-26(7)43)20-48-25(6)42/h15,18,24,30-33,35-39H,4,14,16-17,19-20H2,1-3,5-13H3/t24-,30+,31-,32-,33+,35+,36+,37-,38+,39+,41-/m0/s1. The summed E-state index contributed by atoms with van der Waals surface area (Å²) in [5.41, 5.74) is 1.31. The summed E-state index contributed by atoms with van der Waals surface area (Å²) in [5, 5.41) is 0. The van der Waals surface area contributed by atoms with Gasteiger partial charge >= 0.3 is 35.8 Å². The van der Waals surface area contributed by atoms with Gasteiger partial charge in [0.2, 0.25) is 0 Å². The van der Waals surface area contributed by atoms with Crippen LogP contribution in [-0.4, -0.2) is 91.4 Å². The van der Waals surface area contributed by atoms with E-state index in [4.69, 9.17) is 37.9 Å². The van der Waals surface area contributed by atoms with Gasteiger partial charge in [-0.25, -0.2) is 4.79 Å². The lowest BCUT2D eigenvalue weighted by molar-refractivity contribution is -0.329. The van der Waals surface area contributed by atoms with Crippen molar-refractivity contribution in [3.05, 3.63) is 35.5 Å². The van der Waals surface area contributed by atoms with Gasteiger partial charge in [-0.2, -0.15) is 0 Å². The normalized spacial score (nSPS) is 31.6. The van der Waals surface area contributed by atoms with E-state index in [1.54, 1.807) is 20.8 Å². The van der Waals surface area contributed by atoms with Gasteiger partial charge in [-0.1, -0.05) is 44.6 Å². The van der Waals surface area contributed by atoms with E-state index in [-0.39, 0.29) is 18.4 Å². The lowest BCUT2D eigenvalue weighted by atomic mass is 9.46. The molecule has 1 saturated heterocycles. The Bertz CT molecular complexity index is 1540. The molecule has 2 aliphatic carbocycles. The van der Waals surface area contributed by atoms with Crippen molar-refractivity contribution >= 4 is 35.8 Å². The Hall–Kier alpha value is -4.04. The van der Waals surface area contributed by atoms with Crippen LogP contribution >= 0.6 is 0 Å². The van der Waals surface area contributed by atoms with Gasteiger partial charge in [0, 0.05) is 46.1 Å². The van der Waals surface area contributed by atoms with Crippen LogP contribution in [0.15, 0.2) is 35.5 Å². The number of esters is 6. The fourth-order valence-corrected chi connectivity index (χ4v) is 8.80. The van der Waals surface area contributed by atoms with Gasteiger partial charge in [0.05, 0.1) is 12.2 Å². The molecule has 0 bridgehead atoms. The Morgan fingerprint density at radius 1 is 0.855 bits per heavy atom. The number of carbonyl (C=O) groups is 6. The number of allylic oxidation sites excluding steroid dienone is 3. The SMILES string of the molecule is C=C(CC[C@@H]1C(C)=CC[C@@H]2C(C)(C)[C@H](OC(=O)C=C(C)C)[C@@H](O[C@H]3O[C@@H](C)[C@@H](OC(C)=O)[C@@H](OC(C)=O)[C@@H]3OC(C)=O)C[C@@]12C)[C@H](COC(C)=O)OC(C)=O. The van der Waals surface area contributed by atoms with Crippen molar-refractivity contribution in [2.75, 3.05) is 6.61 Å². The molecule has 55 heavy (non-hydrogen) atoms. The number of fused-ring (bicyclic) bond motifs is 1. The van der Waals surface area contributed by atoms with E-state index < -0.39 is 95.7 Å². The molecule has 0 spiro atoms. The molecular formula is C41H60O14. The molecule has 0 radical (unpaired) electrons. The van der Waals surface area contributed by atoms with E-state index in [2.05, 4.69) is 26.5 Å². The number of rotatable bonds is 14. The summed E-state index contributed by atoms with van der Waals surface area (Å²) < 4.78 is 46.9. The van der Waals surface area contributed by atoms with Crippen molar-refractivity contribution in [2.24, 2.45) is 22.7 Å². The van der Waals surface area contributed by atoms with Crippen LogP contribution in [0.25, 0.3) is 0 Å². The fraction of sp³-hybridized carbons (Fsp3) is 0.707. The molecule has 0 N–H and O–H groups in total. The van der Waals surface area contributed by atoms with Crippen molar-refractivity contribution < 1.29 is 66.7 Å². The summed E-state index contributed by atoms with van der Waals surface area (Å²) in [6.07, 6.45) is -2.69. The summed E-state index contributed by atoms with van der Waals surface area (Å²) in [6.45, 7) is 23.7. The van der Waals surface area contributed by atoms with Crippen LogP contribution in [0.4, 0.5) is 0 Å². The average molecular weight is 777 g/mol. The number of ether oxygens (including phenoxy) is 8. The maximum absolute atomic E-state index is 13.3. The van der Waals surface area contributed by atoms with Gasteiger partial charge in [-0.15, -0.1) is 0 Å². The Balaban J connectivity index is 2.09. The van der Waals surface area contributed by atoms with Crippen LogP contribution in [-0.2, 0) is 66.7 Å². The molecule has 0 aromatic rings. The average Bonchev–Trinajstić information content (AvgIpc) is 3.02. The molecule has 1 heterocycles. The van der Waals surface area contributed by atoms with E-state index in [1.807, 2.05) is 13.8 Å². The molecule has 1 saturated carbocycles. The minimum absolute atomic E-state index is 0.0192. The molecule has 2 fully saturated rings. The Morgan fingerprint density at radius 2 is 1.44 bits per heavy atom. The molecule has 0 aromatic heterocycles. The van der Waals surface area contributed by atoms with Crippen LogP contribution in [0.2, 0.25) is 0 Å². The van der Waals surface area contributed by atoms with Gasteiger partial charge in [0.1, 0.15) is 12.7 Å². The minimum atomic E-state index is -1.35. The summed E-state index contributed by atoms with van der Waals surface area (Å²) >= 11 is 0. The maximum Gasteiger partial charge on any atom is 0.331 e. The lowest BCUT2D eigenvalue weighted by Crippen LogP contribution is -2.65. The zero-order valence-electron chi connectivity index (χ0n) is 34.4. The molecule has 14 heteroatoms. The predicted molar refractivity (Wildman–Crippen MR) is 198 cm³/mol. The first-order valence-corrected chi connectivity index (χ1v) is 18.8. The van der Waals surface area contributed by atoms with Crippen LogP contribution < -0.4 is 0 Å². The predicted octanol–water partition coefficient (Wildman–Crippen LogP) is 5.64. The van der Waals surface area contributed by atoms with Crippen molar-refractivity contribution in [3.8, 4) is 0 Å². The van der Waals surface area contributed by atoms with Crippen LogP contribution in [0.3, 0.4) is 0 Å². The van der Waals surface area contributed by atoms with Crippen molar-refractivity contribution in [2.45, 2.75) is 158 Å². The lowest BCUT2D eigenvalue weighted by Gasteiger charge is -2.61. The highest BCUT2D eigenvalue weighted by atomic mass is 16.7. The second-order valence-electron chi connectivity index (χ2n) is 16.1. The Labute approximate surface area is 324 Å². The van der Waals surface area contributed by atoms with Gasteiger partial charge < -0.3 is 37.9 Å². The van der Waals surface area contributed by atoms with Crippen LogP contribution in [0.1, 0.15) is 109 Å². The van der Waals surface area contributed by atoms with Gasteiger partial charge in [-0.05, 0) is 76.2 Å². The second-order valence-corrected chi connectivity index (χ2v) is 16.1. The first kappa shape index (κ1) is 45.4. The fourth-order valence-electron chi connectivity index (χ4n) is 8.80. The highest BCUT2D eigenvalue weighted by Crippen LogP contribution is 2.62. The smallest absolute Gasteiger partial charge is 0.331 e. The maximum atomic E-state index is 13.3. The summed E-state index contributed by atoms with van der Waals surface area (Å²) in [7, 11) is 0. The molecule has 11 atom stereocenters. The molecule has 0 unspecified atom stereocenters. The number of hydrogen-bond donors (Lipinski definition) is 0. The minimum Gasteiger partial charge on any atom is -0.462 e. The Kier molecular flexibility index (Phi) is 15.4. The Morgan fingerprint density at radius 3 is 1.98 bits per heavy atom. The molecule has 3 rings (SSSR count). The molecule has 1 aliphatic heterocycles. The van der Waals surface area contributed by atoms with Crippen molar-refractivity contribution in [3.63, 3.8) is 0 Å². The third-order valence-electron chi connectivity index (χ3n) is 11.0. The highest BCUT2D eigenvalue weighted by molar-refractivity contribution is 5.82. The third kappa shape index (κ3) is 11.5. The van der Waals surface area contributed by atoms with E-state index in [0.29, 0.717) is 31.3 Å². The van der Waals surface area contributed by atoms with Gasteiger partial charge in [-0.3, -0.25) is 24.0 Å². The van der Waals surface area contributed by atoms with E-state index in [9.17, 15) is 28.8 Å². The van der Waals surface area contributed by atoms with Crippen molar-refractivity contribution in [1.29, 1.82) is 0 Å². The number of hydrogen-bond acceptors (Lipinski definition) is 14. The number of carbonyl (C=O) groups excluding carboxylic acids is 6. The van der Waals surface area contributed by atoms with Crippen LogP contribution in [0.5, 0.6) is 0 Å². The third-order valence-corrected chi connectivity index (χ3v) is 11.0. The second kappa shape index (κ2) is 18.7. The molecule has 0 amide bonds. The monoisotopic (exact) mass is 776 g/mol. The van der Waals surface area contributed by atoms with Crippen molar-refractivity contribution in [1.82, 2.24) is 0 Å². The van der Waals surface area contributed by atoms with E-state index in [1.165, 1.54) is 40.7 Å². The molecular weight excluding hydrogens is 716 g/mol. The quantitative estimate of drug-likeness (QED) is 0.0917. The zero-order chi connectivity index (χ0) is 41.6.